The van der Waals surface area contributed by atoms with Gasteiger partial charge in [0.15, 0.2) is 0 Å². The van der Waals surface area contributed by atoms with Crippen molar-refractivity contribution in [3.05, 3.63) is 66.7 Å². The molecule has 0 aliphatic carbocycles. The highest BCUT2D eigenvalue weighted by Crippen LogP contribution is 2.27. The first-order chi connectivity index (χ1) is 17.3. The minimum absolute atomic E-state index is 0.260. The molecule has 1 amide bonds. The summed E-state index contributed by atoms with van der Waals surface area (Å²) < 4.78 is 5.61. The van der Waals surface area contributed by atoms with E-state index in [1.54, 1.807) is 24.3 Å². The van der Waals surface area contributed by atoms with E-state index in [4.69, 9.17) is 14.9 Å². The van der Waals surface area contributed by atoms with Gasteiger partial charge < -0.3 is 19.8 Å². The molecule has 2 N–H and O–H groups in total. The highest BCUT2D eigenvalue weighted by Gasteiger charge is 2.36. The fraction of sp³-hybridized carbons (Fsp3) is 0.346. The normalized spacial score (nSPS) is 19.9. The third kappa shape index (κ3) is 8.31. The molecule has 0 aromatic heterocycles. The van der Waals surface area contributed by atoms with E-state index in [0.717, 1.165) is 31.6 Å². The molecule has 2 aliphatic heterocycles. The molecule has 2 aromatic carbocycles. The average Bonchev–Trinajstić information content (AvgIpc) is 2.96. The van der Waals surface area contributed by atoms with E-state index in [-0.39, 0.29) is 6.09 Å². The molecule has 2 aliphatic rings. The zero-order valence-corrected chi connectivity index (χ0v) is 20.1. The number of piperazine rings is 1. The van der Waals surface area contributed by atoms with Crippen LogP contribution in [-0.4, -0.2) is 70.3 Å². The number of carboxylic acid groups (broad SMARTS) is 2. The van der Waals surface area contributed by atoms with E-state index in [9.17, 15) is 14.4 Å². The van der Waals surface area contributed by atoms with Gasteiger partial charge >= 0.3 is 18.0 Å². The van der Waals surface area contributed by atoms with Crippen LogP contribution in [0.1, 0.15) is 25.7 Å². The molecule has 10 heteroatoms. The molecule has 0 saturated carbocycles. The Balaban J connectivity index is 0.000000392. The number of nitrogens with zero attached hydrogens (tertiary/aromatic N) is 4. The molecular formula is C26H30N4O6. The largest absolute Gasteiger partial charge is 0.478 e. The number of aliphatic carboxylic acids is 2. The van der Waals surface area contributed by atoms with E-state index in [1.165, 1.54) is 12.8 Å². The van der Waals surface area contributed by atoms with Crippen LogP contribution in [0.4, 0.5) is 16.2 Å². The number of rotatable bonds is 5. The molecule has 190 valence electrons. The number of ether oxygens (including phenoxy) is 1. The molecular weight excluding hydrogens is 464 g/mol. The number of fused-ring (bicyclic) bond motifs is 2. The summed E-state index contributed by atoms with van der Waals surface area (Å²) in [5.41, 5.74) is 1.52. The van der Waals surface area contributed by atoms with Gasteiger partial charge in [0.25, 0.3) is 0 Å². The first-order valence-corrected chi connectivity index (χ1v) is 11.7. The van der Waals surface area contributed by atoms with Gasteiger partial charge in [-0.05, 0) is 56.3 Å². The van der Waals surface area contributed by atoms with Gasteiger partial charge in [0.05, 0.1) is 11.4 Å². The summed E-state index contributed by atoms with van der Waals surface area (Å²) >= 11 is 0. The Morgan fingerprint density at radius 1 is 0.833 bits per heavy atom. The van der Waals surface area contributed by atoms with Crippen LogP contribution in [0.25, 0.3) is 0 Å². The summed E-state index contributed by atoms with van der Waals surface area (Å²) in [4.78, 5) is 36.1. The van der Waals surface area contributed by atoms with Crippen molar-refractivity contribution in [1.82, 2.24) is 9.80 Å². The molecule has 0 radical (unpaired) electrons. The summed E-state index contributed by atoms with van der Waals surface area (Å²) in [6, 6.07) is 17.6. The number of carbonyl (C=O) groups is 3. The summed E-state index contributed by atoms with van der Waals surface area (Å²) in [5.74, 6) is -1.98. The molecule has 2 aromatic rings. The minimum Gasteiger partial charge on any atom is -0.478 e. The number of hydrogen-bond donors (Lipinski definition) is 2. The van der Waals surface area contributed by atoms with E-state index < -0.39 is 11.9 Å². The molecule has 2 heterocycles. The lowest BCUT2D eigenvalue weighted by atomic mass is 10.1. The zero-order chi connectivity index (χ0) is 25.9. The molecule has 2 atom stereocenters. The van der Waals surface area contributed by atoms with Crippen LogP contribution in [0.15, 0.2) is 77.0 Å². The quantitative estimate of drug-likeness (QED) is 0.447. The maximum absolute atomic E-state index is 12.7. The van der Waals surface area contributed by atoms with Crippen molar-refractivity contribution >= 4 is 29.4 Å². The Hall–Kier alpha value is -4.05. The van der Waals surface area contributed by atoms with Gasteiger partial charge in [-0.2, -0.15) is 10.2 Å². The SMILES string of the molecule is CN1C2CCCCC1CN(C(=O)Oc1ccc(N=Nc3ccccc3)cc1)C2.O=C(O)/C=C/C(=O)O. The van der Waals surface area contributed by atoms with Crippen molar-refractivity contribution in [1.29, 1.82) is 0 Å². The van der Waals surface area contributed by atoms with Crippen LogP contribution in [0.3, 0.4) is 0 Å². The molecule has 2 saturated heterocycles. The van der Waals surface area contributed by atoms with Gasteiger partial charge in [-0.25, -0.2) is 14.4 Å². The van der Waals surface area contributed by atoms with E-state index in [2.05, 4.69) is 22.2 Å². The number of amides is 1. The van der Waals surface area contributed by atoms with Gasteiger partial charge in [0, 0.05) is 37.3 Å². The van der Waals surface area contributed by atoms with Gasteiger partial charge in [0.2, 0.25) is 0 Å². The third-order valence-electron chi connectivity index (χ3n) is 6.04. The summed E-state index contributed by atoms with van der Waals surface area (Å²) in [6.45, 7) is 1.49. The highest BCUT2D eigenvalue weighted by atomic mass is 16.6. The van der Waals surface area contributed by atoms with Crippen molar-refractivity contribution in [2.75, 3.05) is 20.1 Å². The van der Waals surface area contributed by atoms with Crippen LogP contribution in [0.5, 0.6) is 5.75 Å². The minimum atomic E-state index is -1.26. The second kappa shape index (κ2) is 13.1. The van der Waals surface area contributed by atoms with E-state index in [1.807, 2.05) is 35.2 Å². The number of carbonyl (C=O) groups excluding carboxylic acids is 1. The number of hydrogen-bond acceptors (Lipinski definition) is 7. The monoisotopic (exact) mass is 494 g/mol. The fourth-order valence-electron chi connectivity index (χ4n) is 4.14. The van der Waals surface area contributed by atoms with Crippen LogP contribution >= 0.6 is 0 Å². The molecule has 4 rings (SSSR count). The predicted molar refractivity (Wildman–Crippen MR) is 133 cm³/mol. The van der Waals surface area contributed by atoms with Gasteiger partial charge in [0.1, 0.15) is 5.75 Å². The molecule has 2 unspecified atom stereocenters. The van der Waals surface area contributed by atoms with Crippen molar-refractivity contribution in [3.63, 3.8) is 0 Å². The van der Waals surface area contributed by atoms with Crippen molar-refractivity contribution in [3.8, 4) is 5.75 Å². The van der Waals surface area contributed by atoms with Gasteiger partial charge in [-0.1, -0.05) is 31.0 Å². The Kier molecular flexibility index (Phi) is 9.70. The molecule has 10 nitrogen and oxygen atoms in total. The molecule has 2 fully saturated rings. The highest BCUT2D eigenvalue weighted by molar-refractivity contribution is 5.89. The standard InChI is InChI=1S/C22H26N4O2.C4H4O4/c1-25-19-9-5-6-10-20(25)16-26(15-19)22(27)28-21-13-11-18(12-14-21)24-23-17-7-3-2-4-8-17;5-3(6)1-2-4(7)8/h2-4,7-8,11-14,19-20H,5-6,9-10,15-16H2,1H3;1-2H,(H,5,6)(H,7,8)/b;2-1+. The zero-order valence-electron chi connectivity index (χ0n) is 20.1. The summed E-state index contributed by atoms with van der Waals surface area (Å²) in [6.07, 6.45) is 5.64. The first-order valence-electron chi connectivity index (χ1n) is 11.7. The van der Waals surface area contributed by atoms with Crippen molar-refractivity contribution in [2.45, 2.75) is 37.8 Å². The third-order valence-corrected chi connectivity index (χ3v) is 6.04. The maximum Gasteiger partial charge on any atom is 0.415 e. The average molecular weight is 495 g/mol. The van der Waals surface area contributed by atoms with Crippen LogP contribution in [-0.2, 0) is 9.59 Å². The van der Waals surface area contributed by atoms with Gasteiger partial charge in [-0.3, -0.25) is 4.90 Å². The Morgan fingerprint density at radius 2 is 1.33 bits per heavy atom. The lowest BCUT2D eigenvalue weighted by Gasteiger charge is -2.43. The van der Waals surface area contributed by atoms with Gasteiger partial charge in [-0.15, -0.1) is 0 Å². The van der Waals surface area contributed by atoms with Crippen molar-refractivity contribution < 1.29 is 29.3 Å². The summed E-state index contributed by atoms with van der Waals surface area (Å²) in [5, 5.41) is 24.0. The van der Waals surface area contributed by atoms with Crippen LogP contribution in [0.2, 0.25) is 0 Å². The van der Waals surface area contributed by atoms with E-state index >= 15 is 0 Å². The second-order valence-corrected chi connectivity index (χ2v) is 8.57. The molecule has 2 bridgehead atoms. The molecule has 36 heavy (non-hydrogen) atoms. The first kappa shape index (κ1) is 26.6. The number of azo groups is 1. The Morgan fingerprint density at radius 3 is 1.83 bits per heavy atom. The number of likely N-dealkylation sites (N-methyl/N-ethyl adjacent to an activating group) is 1. The summed E-state index contributed by atoms with van der Waals surface area (Å²) in [7, 11) is 2.19. The second-order valence-electron chi connectivity index (χ2n) is 8.57. The van der Waals surface area contributed by atoms with Crippen molar-refractivity contribution in [2.24, 2.45) is 10.2 Å². The number of carboxylic acids is 2. The lowest BCUT2D eigenvalue weighted by Crippen LogP contribution is -2.58. The lowest BCUT2D eigenvalue weighted by molar-refractivity contribution is -0.134. The van der Waals surface area contributed by atoms with E-state index in [0.29, 0.717) is 35.7 Å². The fourth-order valence-corrected chi connectivity index (χ4v) is 4.14. The maximum atomic E-state index is 12.7. The van der Waals surface area contributed by atoms with Crippen LogP contribution < -0.4 is 4.74 Å². The topological polar surface area (TPSA) is 132 Å². The predicted octanol–water partition coefficient (Wildman–Crippen LogP) is 4.87. The van der Waals surface area contributed by atoms with Crippen LogP contribution in [0, 0.1) is 0 Å². The Bertz CT molecular complexity index is 1060. The smallest absolute Gasteiger partial charge is 0.415 e. The Labute approximate surface area is 209 Å². The molecule has 0 spiro atoms. The number of benzene rings is 2.